The molecule has 1 fully saturated rings. The molecule has 1 N–H and O–H groups in total. The number of rotatable bonds is 4. The van der Waals surface area contributed by atoms with E-state index in [1.165, 1.54) is 6.26 Å². The molecule has 5 nitrogen and oxygen atoms in total. The molecule has 0 atom stereocenters. The molecule has 0 bridgehead atoms. The summed E-state index contributed by atoms with van der Waals surface area (Å²) < 4.78 is 5.17. The number of aliphatic carboxylic acids is 1. The van der Waals surface area contributed by atoms with Crippen LogP contribution in [0.4, 0.5) is 0 Å². The second-order valence-electron chi connectivity index (χ2n) is 5.67. The van der Waals surface area contributed by atoms with Crippen LogP contribution in [0.25, 0.3) is 0 Å². The zero-order valence-corrected chi connectivity index (χ0v) is 12.0. The van der Waals surface area contributed by atoms with Gasteiger partial charge in [0.25, 0.3) is 5.91 Å². The van der Waals surface area contributed by atoms with Crippen molar-refractivity contribution in [2.75, 3.05) is 7.05 Å². The van der Waals surface area contributed by atoms with E-state index < -0.39 is 11.5 Å². The van der Waals surface area contributed by atoms with Crippen LogP contribution in [0, 0.1) is 6.92 Å². The molecule has 20 heavy (non-hydrogen) atoms. The predicted octanol–water partition coefficient (Wildman–Crippen LogP) is 2.84. The lowest BCUT2D eigenvalue weighted by molar-refractivity contribution is -0.140. The maximum absolute atomic E-state index is 12.5. The summed E-state index contributed by atoms with van der Waals surface area (Å²) in [6.45, 7) is 1.78. The van der Waals surface area contributed by atoms with E-state index in [1.54, 1.807) is 24.9 Å². The lowest BCUT2D eigenvalue weighted by atomic mass is 9.78. The van der Waals surface area contributed by atoms with E-state index in [2.05, 4.69) is 0 Å². The molecule has 1 aliphatic rings. The SMILES string of the molecule is Cc1cc(C(=O)N(C)C2(CC(=O)O)CCCCC2)co1. The first-order chi connectivity index (χ1) is 9.44. The lowest BCUT2D eigenvalue weighted by Crippen LogP contribution is -2.52. The lowest BCUT2D eigenvalue weighted by Gasteiger charge is -2.43. The largest absolute Gasteiger partial charge is 0.481 e. The fourth-order valence-corrected chi connectivity index (χ4v) is 3.09. The van der Waals surface area contributed by atoms with Gasteiger partial charge in [0.1, 0.15) is 12.0 Å². The van der Waals surface area contributed by atoms with Crippen molar-refractivity contribution in [3.63, 3.8) is 0 Å². The average molecular weight is 279 g/mol. The van der Waals surface area contributed by atoms with E-state index in [-0.39, 0.29) is 12.3 Å². The maximum atomic E-state index is 12.5. The smallest absolute Gasteiger partial charge is 0.305 e. The van der Waals surface area contributed by atoms with Gasteiger partial charge in [-0.2, -0.15) is 0 Å². The first-order valence-electron chi connectivity index (χ1n) is 7.00. The molecule has 1 aromatic rings. The van der Waals surface area contributed by atoms with Crippen LogP contribution in [-0.4, -0.2) is 34.5 Å². The van der Waals surface area contributed by atoms with Gasteiger partial charge in [-0.15, -0.1) is 0 Å². The summed E-state index contributed by atoms with van der Waals surface area (Å²) in [4.78, 5) is 25.3. The highest BCUT2D eigenvalue weighted by Gasteiger charge is 2.40. The van der Waals surface area contributed by atoms with Crippen LogP contribution in [-0.2, 0) is 4.79 Å². The minimum Gasteiger partial charge on any atom is -0.481 e. The highest BCUT2D eigenvalue weighted by Crippen LogP contribution is 2.36. The minimum atomic E-state index is -0.852. The Morgan fingerprint density at radius 3 is 2.50 bits per heavy atom. The molecule has 1 amide bonds. The van der Waals surface area contributed by atoms with Crippen LogP contribution >= 0.6 is 0 Å². The highest BCUT2D eigenvalue weighted by molar-refractivity contribution is 5.94. The van der Waals surface area contributed by atoms with E-state index in [1.807, 2.05) is 0 Å². The van der Waals surface area contributed by atoms with Crippen molar-refractivity contribution in [1.82, 2.24) is 4.90 Å². The number of aryl methyl sites for hydroxylation is 1. The van der Waals surface area contributed by atoms with Crippen molar-refractivity contribution in [1.29, 1.82) is 0 Å². The summed E-state index contributed by atoms with van der Waals surface area (Å²) >= 11 is 0. The topological polar surface area (TPSA) is 70.8 Å². The maximum Gasteiger partial charge on any atom is 0.305 e. The summed E-state index contributed by atoms with van der Waals surface area (Å²) in [5.41, 5.74) is -0.0767. The Bertz CT molecular complexity index is 500. The molecule has 0 unspecified atom stereocenters. The summed E-state index contributed by atoms with van der Waals surface area (Å²) in [6, 6.07) is 1.69. The number of furan rings is 1. The van der Waals surface area contributed by atoms with Gasteiger partial charge in [0.15, 0.2) is 0 Å². The Hall–Kier alpha value is -1.78. The zero-order chi connectivity index (χ0) is 14.8. The van der Waals surface area contributed by atoms with Gasteiger partial charge in [-0.05, 0) is 25.8 Å². The highest BCUT2D eigenvalue weighted by atomic mass is 16.4. The molecule has 1 heterocycles. The first kappa shape index (κ1) is 14.6. The van der Waals surface area contributed by atoms with Crippen molar-refractivity contribution in [2.24, 2.45) is 0 Å². The molecule has 5 heteroatoms. The Morgan fingerprint density at radius 1 is 1.35 bits per heavy atom. The molecule has 110 valence electrons. The van der Waals surface area contributed by atoms with Gasteiger partial charge >= 0.3 is 5.97 Å². The Balaban J connectivity index is 2.23. The van der Waals surface area contributed by atoms with Gasteiger partial charge < -0.3 is 14.4 Å². The molecule has 0 aromatic carbocycles. The molecule has 0 saturated heterocycles. The van der Waals surface area contributed by atoms with Crippen molar-refractivity contribution < 1.29 is 19.1 Å². The molecule has 1 aromatic heterocycles. The summed E-state index contributed by atoms with van der Waals surface area (Å²) in [6.07, 6.45) is 5.98. The fourth-order valence-electron chi connectivity index (χ4n) is 3.09. The normalized spacial score (nSPS) is 17.7. The Kier molecular flexibility index (Phi) is 4.16. The van der Waals surface area contributed by atoms with Gasteiger partial charge in [-0.1, -0.05) is 19.3 Å². The molecule has 2 rings (SSSR count). The summed E-state index contributed by atoms with van der Waals surface area (Å²) in [5.74, 6) is -0.336. The van der Waals surface area contributed by atoms with Gasteiger partial charge in [0.05, 0.1) is 17.5 Å². The van der Waals surface area contributed by atoms with Crippen molar-refractivity contribution in [2.45, 2.75) is 51.0 Å². The molecule has 1 aliphatic carbocycles. The first-order valence-corrected chi connectivity index (χ1v) is 7.00. The number of hydrogen-bond donors (Lipinski definition) is 1. The van der Waals surface area contributed by atoms with Crippen LogP contribution in [0.3, 0.4) is 0 Å². The van der Waals surface area contributed by atoms with Gasteiger partial charge in [0.2, 0.25) is 0 Å². The number of carbonyl (C=O) groups is 2. The van der Waals surface area contributed by atoms with Crippen LogP contribution in [0.2, 0.25) is 0 Å². The summed E-state index contributed by atoms with van der Waals surface area (Å²) in [5, 5.41) is 9.18. The number of carboxylic acids is 1. The van der Waals surface area contributed by atoms with Crippen LogP contribution in [0.1, 0.15) is 54.6 Å². The van der Waals surface area contributed by atoms with Crippen LogP contribution in [0.15, 0.2) is 16.7 Å². The quantitative estimate of drug-likeness (QED) is 0.920. The third kappa shape index (κ3) is 2.86. The Morgan fingerprint density at radius 2 is 2.00 bits per heavy atom. The van der Waals surface area contributed by atoms with Crippen molar-refractivity contribution >= 4 is 11.9 Å². The Labute approximate surface area is 118 Å². The predicted molar refractivity (Wildman–Crippen MR) is 73.6 cm³/mol. The summed E-state index contributed by atoms with van der Waals surface area (Å²) in [7, 11) is 1.71. The van der Waals surface area contributed by atoms with Gasteiger partial charge in [0, 0.05) is 7.05 Å². The minimum absolute atomic E-state index is 0.00603. The molecule has 0 aliphatic heterocycles. The third-order valence-electron chi connectivity index (χ3n) is 4.26. The molecule has 1 saturated carbocycles. The van der Waals surface area contributed by atoms with Crippen molar-refractivity contribution in [3.8, 4) is 0 Å². The molecular formula is C15H21NO4. The number of carboxylic acid groups (broad SMARTS) is 1. The fraction of sp³-hybridized carbons (Fsp3) is 0.600. The van der Waals surface area contributed by atoms with E-state index >= 15 is 0 Å². The van der Waals surface area contributed by atoms with Crippen molar-refractivity contribution in [3.05, 3.63) is 23.7 Å². The van der Waals surface area contributed by atoms with E-state index in [4.69, 9.17) is 4.42 Å². The van der Waals surface area contributed by atoms with Crippen LogP contribution < -0.4 is 0 Å². The van der Waals surface area contributed by atoms with Gasteiger partial charge in [-0.25, -0.2) is 0 Å². The number of nitrogens with zero attached hydrogens (tertiary/aromatic N) is 1. The third-order valence-corrected chi connectivity index (χ3v) is 4.26. The number of carbonyl (C=O) groups excluding carboxylic acids is 1. The second kappa shape index (κ2) is 5.69. The van der Waals surface area contributed by atoms with E-state index in [0.29, 0.717) is 11.3 Å². The number of amides is 1. The van der Waals surface area contributed by atoms with E-state index in [0.717, 1.165) is 32.1 Å². The zero-order valence-electron chi connectivity index (χ0n) is 12.0. The molecule has 0 radical (unpaired) electrons. The molecule has 0 spiro atoms. The monoisotopic (exact) mass is 279 g/mol. The number of hydrogen-bond acceptors (Lipinski definition) is 3. The standard InChI is InChI=1S/C15H21NO4/c1-11-8-12(10-20-11)14(19)16(2)15(9-13(17)18)6-4-3-5-7-15/h8,10H,3-7,9H2,1-2H3,(H,17,18). The average Bonchev–Trinajstić information content (AvgIpc) is 2.84. The molecular weight excluding hydrogens is 258 g/mol. The van der Waals surface area contributed by atoms with Crippen LogP contribution in [0.5, 0.6) is 0 Å². The van der Waals surface area contributed by atoms with E-state index in [9.17, 15) is 14.7 Å². The second-order valence-corrected chi connectivity index (χ2v) is 5.67. The van der Waals surface area contributed by atoms with Gasteiger partial charge in [-0.3, -0.25) is 9.59 Å².